The molecule has 1 aromatic carbocycles. The number of carbonyl (C=O) groups is 2. The Morgan fingerprint density at radius 2 is 1.64 bits per heavy atom. The molecule has 3 N–H and O–H groups in total. The molecule has 0 saturated heterocycles. The predicted molar refractivity (Wildman–Crippen MR) is 143 cm³/mol. The van der Waals surface area contributed by atoms with Crippen molar-refractivity contribution in [2.75, 3.05) is 32.9 Å². The number of hydroxylamine groups is 1. The molecular formula is C26H44N4O5S. The van der Waals surface area contributed by atoms with E-state index in [9.17, 15) is 23.2 Å². The van der Waals surface area contributed by atoms with Gasteiger partial charge in [0.05, 0.1) is 17.6 Å². The minimum atomic E-state index is -3.76. The topological polar surface area (TPSA) is 119 Å². The van der Waals surface area contributed by atoms with E-state index in [4.69, 9.17) is 0 Å². The van der Waals surface area contributed by atoms with Crippen LogP contribution in [0.4, 0.5) is 0 Å². The highest BCUT2D eigenvalue weighted by molar-refractivity contribution is 7.89. The van der Waals surface area contributed by atoms with Gasteiger partial charge >= 0.3 is 0 Å². The van der Waals surface area contributed by atoms with Gasteiger partial charge in [-0.25, -0.2) is 13.9 Å². The van der Waals surface area contributed by atoms with Crippen LogP contribution in [0.2, 0.25) is 0 Å². The molecule has 1 aromatic rings. The maximum atomic E-state index is 13.5. The van der Waals surface area contributed by atoms with Crippen molar-refractivity contribution in [1.82, 2.24) is 20.2 Å². The van der Waals surface area contributed by atoms with Gasteiger partial charge in [0.25, 0.3) is 0 Å². The number of sulfonamides is 1. The van der Waals surface area contributed by atoms with Gasteiger partial charge in [0.15, 0.2) is 0 Å². The number of hydrogen-bond donors (Lipinski definition) is 3. The predicted octanol–water partition coefficient (Wildman–Crippen LogP) is 3.14. The number of rotatable bonds is 16. The van der Waals surface area contributed by atoms with E-state index in [1.54, 1.807) is 11.6 Å². The van der Waals surface area contributed by atoms with Crippen LogP contribution in [0.1, 0.15) is 52.5 Å². The van der Waals surface area contributed by atoms with Gasteiger partial charge in [-0.15, -0.1) is 4.41 Å². The van der Waals surface area contributed by atoms with Gasteiger partial charge < -0.3 is 4.90 Å². The quantitative estimate of drug-likeness (QED) is 0.226. The van der Waals surface area contributed by atoms with Crippen LogP contribution >= 0.6 is 0 Å². The van der Waals surface area contributed by atoms with Crippen molar-refractivity contribution in [1.29, 1.82) is 0 Å². The zero-order valence-electron chi connectivity index (χ0n) is 22.5. The van der Waals surface area contributed by atoms with Crippen molar-refractivity contribution in [3.05, 3.63) is 42.0 Å². The Labute approximate surface area is 216 Å². The smallest absolute Gasteiger partial charge is 0.247 e. The summed E-state index contributed by atoms with van der Waals surface area (Å²) in [4.78, 5) is 28.0. The number of allylic oxidation sites excluding steroid dienone is 1. The molecule has 0 bridgehead atoms. The third-order valence-corrected chi connectivity index (χ3v) is 7.32. The van der Waals surface area contributed by atoms with Gasteiger partial charge in [-0.3, -0.25) is 20.2 Å². The molecule has 2 atom stereocenters. The Morgan fingerprint density at radius 3 is 2.17 bits per heavy atom. The monoisotopic (exact) mass is 524 g/mol. The summed E-state index contributed by atoms with van der Waals surface area (Å²) in [5, 5.41) is 9.39. The standard InChI is InChI=1S/C26H44N4O5S/c1-20(2)18-24(23(26(32)28-33)15-10-14-22-12-8-7-9-13-22)25(31)27-30(19-21(3)4)36(34,35)17-11-16-29(5)6/h7-10,12-14,20-21,23-24,33H,11,15-19H2,1-6H3,(H,27,31)(H,28,32)/b14-10+/t23-,24+/m0/s1. The summed E-state index contributed by atoms with van der Waals surface area (Å²) >= 11 is 0. The first kappa shape index (κ1) is 31.8. The fourth-order valence-corrected chi connectivity index (χ4v) is 5.32. The van der Waals surface area contributed by atoms with E-state index in [0.717, 1.165) is 9.98 Å². The number of nitrogens with one attached hydrogen (secondary N) is 2. The third kappa shape index (κ3) is 11.6. The molecule has 0 heterocycles. The molecule has 204 valence electrons. The van der Waals surface area contributed by atoms with Gasteiger partial charge in [0, 0.05) is 6.54 Å². The van der Waals surface area contributed by atoms with Gasteiger partial charge in [-0.05, 0) is 57.3 Å². The van der Waals surface area contributed by atoms with Gasteiger partial charge in [-0.2, -0.15) is 0 Å². The average molecular weight is 525 g/mol. The number of nitrogens with zero attached hydrogens (tertiary/aromatic N) is 2. The Balaban J connectivity index is 3.17. The lowest BCUT2D eigenvalue weighted by atomic mass is 9.82. The molecule has 0 aliphatic rings. The molecule has 0 spiro atoms. The summed E-state index contributed by atoms with van der Waals surface area (Å²) in [6, 6.07) is 9.53. The number of carbonyl (C=O) groups excluding carboxylic acids is 2. The van der Waals surface area contributed by atoms with Crippen LogP contribution < -0.4 is 10.9 Å². The third-order valence-electron chi connectivity index (χ3n) is 5.60. The van der Waals surface area contributed by atoms with Crippen LogP contribution in [-0.4, -0.2) is 67.7 Å². The molecule has 0 aliphatic heterocycles. The summed E-state index contributed by atoms with van der Waals surface area (Å²) in [6.45, 7) is 8.32. The first-order valence-corrected chi connectivity index (χ1v) is 14.1. The fraction of sp³-hybridized carbons (Fsp3) is 0.615. The molecule has 0 aliphatic carbocycles. The van der Waals surface area contributed by atoms with E-state index in [2.05, 4.69) is 5.43 Å². The SMILES string of the molecule is CC(C)C[C@@H](C(=O)NN(CC(C)C)S(=O)(=O)CCCN(C)C)[C@H](C/C=C/c1ccccc1)C(=O)NO. The van der Waals surface area contributed by atoms with Crippen molar-refractivity contribution < 1.29 is 23.2 Å². The second-order valence-electron chi connectivity index (χ2n) is 10.2. The lowest BCUT2D eigenvalue weighted by Crippen LogP contribution is -2.52. The summed E-state index contributed by atoms with van der Waals surface area (Å²) in [7, 11) is -0.0230. The molecule has 2 amide bonds. The zero-order valence-corrected chi connectivity index (χ0v) is 23.3. The van der Waals surface area contributed by atoms with Crippen molar-refractivity contribution in [2.24, 2.45) is 23.7 Å². The normalized spacial score (nSPS) is 14.1. The highest BCUT2D eigenvalue weighted by atomic mass is 32.2. The maximum Gasteiger partial charge on any atom is 0.247 e. The van der Waals surface area contributed by atoms with Crippen LogP contribution in [0.15, 0.2) is 36.4 Å². The second-order valence-corrected chi connectivity index (χ2v) is 12.3. The van der Waals surface area contributed by atoms with Crippen LogP contribution in [0.5, 0.6) is 0 Å². The van der Waals surface area contributed by atoms with Gasteiger partial charge in [0.2, 0.25) is 21.8 Å². The molecule has 0 aromatic heterocycles. The van der Waals surface area contributed by atoms with Crippen molar-refractivity contribution in [2.45, 2.75) is 47.0 Å². The Morgan fingerprint density at radius 1 is 1.00 bits per heavy atom. The van der Waals surface area contributed by atoms with Crippen molar-refractivity contribution >= 4 is 27.9 Å². The molecule has 1 rings (SSSR count). The van der Waals surface area contributed by atoms with Crippen LogP contribution in [0.25, 0.3) is 6.08 Å². The second kappa shape index (κ2) is 15.8. The van der Waals surface area contributed by atoms with Gasteiger partial charge in [-0.1, -0.05) is 70.2 Å². The molecule has 10 heteroatoms. The van der Waals surface area contributed by atoms with E-state index in [-0.39, 0.29) is 30.6 Å². The summed E-state index contributed by atoms with van der Waals surface area (Å²) < 4.78 is 27.2. The van der Waals surface area contributed by atoms with E-state index >= 15 is 0 Å². The minimum absolute atomic E-state index is 0.0252. The van der Waals surface area contributed by atoms with Crippen LogP contribution in [-0.2, 0) is 19.6 Å². The van der Waals surface area contributed by atoms with Crippen molar-refractivity contribution in [3.8, 4) is 0 Å². The Hall–Kier alpha value is -2.27. The minimum Gasteiger partial charge on any atom is -0.309 e. The number of benzene rings is 1. The highest BCUT2D eigenvalue weighted by Gasteiger charge is 2.36. The highest BCUT2D eigenvalue weighted by Crippen LogP contribution is 2.26. The molecule has 0 saturated carbocycles. The van der Waals surface area contributed by atoms with E-state index < -0.39 is 33.7 Å². The molecule has 36 heavy (non-hydrogen) atoms. The lowest BCUT2D eigenvalue weighted by molar-refractivity contribution is -0.141. The number of hydrazine groups is 1. The lowest BCUT2D eigenvalue weighted by Gasteiger charge is -2.30. The first-order valence-electron chi connectivity index (χ1n) is 12.5. The maximum absolute atomic E-state index is 13.5. The average Bonchev–Trinajstić information content (AvgIpc) is 2.79. The summed E-state index contributed by atoms with van der Waals surface area (Å²) in [6.07, 6.45) is 4.61. The van der Waals surface area contributed by atoms with Gasteiger partial charge in [0.1, 0.15) is 0 Å². The fourth-order valence-electron chi connectivity index (χ4n) is 3.85. The van der Waals surface area contributed by atoms with Crippen LogP contribution in [0.3, 0.4) is 0 Å². The molecule has 0 radical (unpaired) electrons. The number of hydrogen-bond acceptors (Lipinski definition) is 6. The first-order chi connectivity index (χ1) is 16.9. The molecule has 9 nitrogen and oxygen atoms in total. The zero-order chi connectivity index (χ0) is 27.3. The van der Waals surface area contributed by atoms with E-state index in [1.807, 2.05) is 83.1 Å². The molecule has 0 unspecified atom stereocenters. The number of amides is 2. The largest absolute Gasteiger partial charge is 0.309 e. The van der Waals surface area contributed by atoms with E-state index in [0.29, 0.717) is 19.4 Å². The Kier molecular flexibility index (Phi) is 13.9. The summed E-state index contributed by atoms with van der Waals surface area (Å²) in [5.41, 5.74) is 5.24. The molecule has 0 fully saturated rings. The Bertz CT molecular complexity index is 933. The van der Waals surface area contributed by atoms with E-state index in [1.165, 1.54) is 0 Å². The van der Waals surface area contributed by atoms with Crippen molar-refractivity contribution in [3.63, 3.8) is 0 Å². The summed E-state index contributed by atoms with van der Waals surface area (Å²) in [5.74, 6) is -3.03. The molecular weight excluding hydrogens is 480 g/mol. The van der Waals surface area contributed by atoms with Crippen LogP contribution in [0, 0.1) is 23.7 Å².